The molecule has 2 N–H and O–H groups in total. The summed E-state index contributed by atoms with van der Waals surface area (Å²) in [7, 11) is 0. The van der Waals surface area contributed by atoms with Crippen molar-refractivity contribution in [2.45, 2.75) is 67.4 Å². The highest BCUT2D eigenvalue weighted by molar-refractivity contribution is 8.00. The Kier molecular flexibility index (Phi) is 6.19. The number of allylic oxidation sites excluding steroid dienone is 4. The minimum atomic E-state index is -2.21. The minimum absolute atomic E-state index is 0.0714. The van der Waals surface area contributed by atoms with Crippen LogP contribution in [0.5, 0.6) is 0 Å². The number of aliphatic hydroxyl groups is 2. The van der Waals surface area contributed by atoms with Crippen LogP contribution in [-0.4, -0.2) is 69.8 Å². The predicted molar refractivity (Wildman–Crippen MR) is 140 cm³/mol. The molecule has 1 aromatic rings. The molecule has 10 heteroatoms. The standard InChI is InChI=1S/C28H33F2NO5S2/c1-25-7-6-16(33)9-20(25)21(29)10-19-18-8-15-12-31(13-17-4-5-24(37-3)38-17)36-28(15,23(35)14-32)26(18,2)11-22(34)27(19,25)30/h4-7,9,15,18-19,21-22,32,34H,8,10-14H2,1-3H3/t15?,18-,19-,21-,22-,25-,26-,27-,28-/m0/s1. The van der Waals surface area contributed by atoms with E-state index in [-0.39, 0.29) is 30.1 Å². The maximum absolute atomic E-state index is 17.4. The van der Waals surface area contributed by atoms with Gasteiger partial charge in [-0.15, -0.1) is 23.1 Å². The summed E-state index contributed by atoms with van der Waals surface area (Å²) < 4.78 is 34.3. The zero-order chi connectivity index (χ0) is 27.3. The summed E-state index contributed by atoms with van der Waals surface area (Å²) in [5.41, 5.74) is -6.06. The van der Waals surface area contributed by atoms with Gasteiger partial charge in [-0.2, -0.15) is 5.06 Å². The van der Waals surface area contributed by atoms with Crippen molar-refractivity contribution < 1.29 is 33.4 Å². The van der Waals surface area contributed by atoms with Crippen molar-refractivity contribution >= 4 is 34.7 Å². The predicted octanol–water partition coefficient (Wildman–Crippen LogP) is 4.06. The second-order valence-electron chi connectivity index (χ2n) is 11.9. The van der Waals surface area contributed by atoms with Gasteiger partial charge in [0.15, 0.2) is 22.8 Å². The molecule has 4 aliphatic carbocycles. The van der Waals surface area contributed by atoms with Crippen molar-refractivity contribution in [1.29, 1.82) is 0 Å². The van der Waals surface area contributed by atoms with Gasteiger partial charge in [-0.05, 0) is 68.2 Å². The number of Topliss-reactive ketones (excluding diaryl/α,β-unsaturated/α-hetero) is 1. The Labute approximate surface area is 229 Å². The molecular weight excluding hydrogens is 532 g/mol. The molecule has 0 bridgehead atoms. The highest BCUT2D eigenvalue weighted by Crippen LogP contribution is 2.72. The van der Waals surface area contributed by atoms with Crippen LogP contribution in [0.1, 0.15) is 38.0 Å². The average Bonchev–Trinajstić information content (AvgIpc) is 3.55. The molecule has 1 aromatic heterocycles. The first-order chi connectivity index (χ1) is 17.9. The molecule has 0 spiro atoms. The fourth-order valence-electron chi connectivity index (χ4n) is 8.76. The van der Waals surface area contributed by atoms with Gasteiger partial charge in [0.05, 0.1) is 16.9 Å². The molecule has 4 fully saturated rings. The number of aliphatic hydroxyl groups excluding tert-OH is 2. The zero-order valence-corrected chi connectivity index (χ0v) is 23.3. The van der Waals surface area contributed by atoms with Crippen LogP contribution in [0.3, 0.4) is 0 Å². The van der Waals surface area contributed by atoms with Crippen LogP contribution in [0.4, 0.5) is 8.78 Å². The highest BCUT2D eigenvalue weighted by Gasteiger charge is 2.79. The fraction of sp³-hybridized carbons (Fsp3) is 0.643. The van der Waals surface area contributed by atoms with Crippen LogP contribution < -0.4 is 0 Å². The molecule has 6 nitrogen and oxygen atoms in total. The third kappa shape index (κ3) is 3.25. The van der Waals surface area contributed by atoms with E-state index in [4.69, 9.17) is 4.84 Å². The fourth-order valence-corrected chi connectivity index (χ4v) is 10.4. The van der Waals surface area contributed by atoms with Crippen molar-refractivity contribution in [2.75, 3.05) is 19.4 Å². The normalized spacial score (nSPS) is 45.8. The number of nitrogens with zero attached hydrogens (tertiary/aromatic N) is 1. The van der Waals surface area contributed by atoms with Crippen molar-refractivity contribution in [2.24, 2.45) is 28.6 Å². The quantitative estimate of drug-likeness (QED) is 0.521. The van der Waals surface area contributed by atoms with E-state index in [9.17, 15) is 19.8 Å². The molecule has 0 aromatic carbocycles. The number of ketones is 2. The Hall–Kier alpha value is -1.43. The van der Waals surface area contributed by atoms with E-state index >= 15 is 8.78 Å². The smallest absolute Gasteiger partial charge is 0.192 e. The Bertz CT molecular complexity index is 1250. The Balaban J connectivity index is 1.39. The molecule has 0 radical (unpaired) electrons. The van der Waals surface area contributed by atoms with Crippen LogP contribution in [0.2, 0.25) is 0 Å². The van der Waals surface area contributed by atoms with Crippen molar-refractivity contribution in [3.8, 4) is 0 Å². The number of hydroxylamine groups is 2. The SMILES string of the molecule is CSc1ccc(CN2CC3C[C@H]4[C@@H]5C[C@H](F)C6=CC(=O)C=C[C@]6(C)[C@@]5(F)[C@@H](O)C[C@]4(C)[C@]3(C(=O)CO)O2)s1. The van der Waals surface area contributed by atoms with Crippen LogP contribution in [-0.2, 0) is 21.0 Å². The first kappa shape index (κ1) is 26.8. The molecule has 0 amide bonds. The summed E-state index contributed by atoms with van der Waals surface area (Å²) in [5.74, 6) is -2.54. The van der Waals surface area contributed by atoms with Crippen LogP contribution >= 0.6 is 23.1 Å². The number of thiophene rings is 1. The molecule has 206 valence electrons. The van der Waals surface area contributed by atoms with E-state index in [0.717, 1.165) is 4.88 Å². The topological polar surface area (TPSA) is 87.1 Å². The van der Waals surface area contributed by atoms with Crippen LogP contribution in [0, 0.1) is 28.6 Å². The summed E-state index contributed by atoms with van der Waals surface area (Å²) in [6.07, 6.45) is 2.98. The Morgan fingerprint density at radius 2 is 2.05 bits per heavy atom. The monoisotopic (exact) mass is 565 g/mol. The van der Waals surface area contributed by atoms with E-state index in [0.29, 0.717) is 19.5 Å². The molecule has 3 saturated carbocycles. The maximum atomic E-state index is 17.4. The Morgan fingerprint density at radius 1 is 1.29 bits per heavy atom. The molecule has 1 aliphatic heterocycles. The maximum Gasteiger partial charge on any atom is 0.192 e. The molecule has 1 unspecified atom stereocenters. The number of alkyl halides is 2. The lowest BCUT2D eigenvalue weighted by molar-refractivity contribution is -0.269. The van der Waals surface area contributed by atoms with Crippen molar-refractivity contribution in [3.05, 3.63) is 40.8 Å². The number of halogens is 2. The van der Waals surface area contributed by atoms with E-state index in [1.165, 1.54) is 22.4 Å². The Morgan fingerprint density at radius 3 is 2.74 bits per heavy atom. The summed E-state index contributed by atoms with van der Waals surface area (Å²) in [6, 6.07) is 4.07. The van der Waals surface area contributed by atoms with E-state index in [2.05, 4.69) is 0 Å². The molecule has 6 rings (SSSR count). The molecule has 38 heavy (non-hydrogen) atoms. The number of fused-ring (bicyclic) bond motifs is 7. The third-order valence-electron chi connectivity index (χ3n) is 10.4. The second-order valence-corrected chi connectivity index (χ2v) is 14.2. The lowest BCUT2D eigenvalue weighted by atomic mass is 9.44. The molecule has 1 saturated heterocycles. The number of thioether (sulfide) groups is 1. The molecule has 2 heterocycles. The molecular formula is C28H33F2NO5S2. The van der Waals surface area contributed by atoms with E-state index in [1.807, 2.05) is 25.3 Å². The molecule has 9 atom stereocenters. The molecule has 5 aliphatic rings. The van der Waals surface area contributed by atoms with Gasteiger partial charge < -0.3 is 10.2 Å². The lowest BCUT2D eigenvalue weighted by Crippen LogP contribution is -2.70. The number of rotatable bonds is 5. The van der Waals surface area contributed by atoms with Gasteiger partial charge >= 0.3 is 0 Å². The van der Waals surface area contributed by atoms with Gasteiger partial charge in [-0.1, -0.05) is 13.0 Å². The largest absolute Gasteiger partial charge is 0.390 e. The average molecular weight is 566 g/mol. The number of hydrogen-bond acceptors (Lipinski definition) is 8. The summed E-state index contributed by atoms with van der Waals surface area (Å²) in [5, 5.41) is 23.4. The van der Waals surface area contributed by atoms with E-state index < -0.39 is 58.6 Å². The van der Waals surface area contributed by atoms with Crippen molar-refractivity contribution in [1.82, 2.24) is 5.06 Å². The highest BCUT2D eigenvalue weighted by atomic mass is 32.2. The van der Waals surface area contributed by atoms with Gasteiger partial charge in [0, 0.05) is 34.1 Å². The number of hydrogen-bond donors (Lipinski definition) is 2. The zero-order valence-electron chi connectivity index (χ0n) is 21.7. The third-order valence-corrected chi connectivity index (χ3v) is 12.6. The van der Waals surface area contributed by atoms with Gasteiger partial charge in [0.2, 0.25) is 0 Å². The van der Waals surface area contributed by atoms with Gasteiger partial charge in [0.1, 0.15) is 12.8 Å². The second kappa shape index (κ2) is 8.78. The summed E-state index contributed by atoms with van der Waals surface area (Å²) >= 11 is 3.30. The van der Waals surface area contributed by atoms with Gasteiger partial charge in [-0.3, -0.25) is 14.4 Å². The summed E-state index contributed by atoms with van der Waals surface area (Å²) in [4.78, 5) is 33.2. The first-order valence-corrected chi connectivity index (χ1v) is 15.2. The van der Waals surface area contributed by atoms with Crippen molar-refractivity contribution in [3.63, 3.8) is 0 Å². The van der Waals surface area contributed by atoms with E-state index in [1.54, 1.807) is 35.1 Å². The lowest BCUT2D eigenvalue weighted by Gasteiger charge is -2.63. The van der Waals surface area contributed by atoms with Crippen LogP contribution in [0.25, 0.3) is 0 Å². The minimum Gasteiger partial charge on any atom is -0.390 e. The number of carbonyl (C=O) groups excluding carboxylic acids is 2. The van der Waals surface area contributed by atoms with Gasteiger partial charge in [-0.25, -0.2) is 8.78 Å². The summed E-state index contributed by atoms with van der Waals surface area (Å²) in [6.45, 7) is 3.57. The van der Waals surface area contributed by atoms with Crippen LogP contribution in [0.15, 0.2) is 40.1 Å². The number of carbonyl (C=O) groups is 2. The van der Waals surface area contributed by atoms with Gasteiger partial charge in [0.25, 0.3) is 0 Å². The first-order valence-electron chi connectivity index (χ1n) is 13.1.